The number of nitrogens with zero attached hydrogens (tertiary/aromatic N) is 5. The third kappa shape index (κ3) is 4.73. The van der Waals surface area contributed by atoms with Crippen molar-refractivity contribution in [2.24, 2.45) is 7.05 Å². The standard InChI is InChI=1S/C25H24ClN7OS/c1-32-8-7-29-25(32)35-23-4-3-17(11-19(23)26)31-24-16(14-27)15-30-20-13-21(22(34-2)12-18(20)24)33-9-5-28-6-10-33/h3-4,7-8,11-13,15,28H,5-6,9-10H2,1-2H3,(H,30,31). The fourth-order valence-electron chi connectivity index (χ4n) is 4.10. The number of nitrogens with one attached hydrogen (secondary N) is 2. The number of imidazole rings is 1. The summed E-state index contributed by atoms with van der Waals surface area (Å²) < 4.78 is 7.69. The van der Waals surface area contributed by atoms with Crippen LogP contribution in [0, 0.1) is 11.3 Å². The van der Waals surface area contributed by atoms with E-state index in [9.17, 15) is 5.26 Å². The van der Waals surface area contributed by atoms with Gasteiger partial charge in [0.1, 0.15) is 11.8 Å². The molecule has 0 radical (unpaired) electrons. The number of pyridine rings is 1. The largest absolute Gasteiger partial charge is 0.495 e. The van der Waals surface area contributed by atoms with Crippen LogP contribution in [0.3, 0.4) is 0 Å². The van der Waals surface area contributed by atoms with Gasteiger partial charge in [-0.15, -0.1) is 0 Å². The van der Waals surface area contributed by atoms with Crippen molar-refractivity contribution >= 4 is 51.3 Å². The summed E-state index contributed by atoms with van der Waals surface area (Å²) in [6.45, 7) is 3.63. The fraction of sp³-hybridized carbons (Fsp3) is 0.240. The number of ether oxygens (including phenoxy) is 1. The summed E-state index contributed by atoms with van der Waals surface area (Å²) in [7, 11) is 3.61. The second-order valence-corrected chi connectivity index (χ2v) is 9.55. The molecular formula is C25H24ClN7OS. The number of anilines is 3. The SMILES string of the molecule is COc1cc2c(Nc3ccc(Sc4nccn4C)c(Cl)c3)c(C#N)cnc2cc1N1CCNCC1. The van der Waals surface area contributed by atoms with E-state index in [1.165, 1.54) is 11.8 Å². The molecule has 4 aromatic rings. The molecule has 2 aromatic carbocycles. The van der Waals surface area contributed by atoms with Crippen molar-refractivity contribution in [2.45, 2.75) is 10.1 Å². The molecule has 0 unspecified atom stereocenters. The molecular weight excluding hydrogens is 482 g/mol. The van der Waals surface area contributed by atoms with Gasteiger partial charge in [0.15, 0.2) is 5.16 Å². The van der Waals surface area contributed by atoms with Gasteiger partial charge in [-0.2, -0.15) is 5.26 Å². The first-order valence-electron chi connectivity index (χ1n) is 11.2. The van der Waals surface area contributed by atoms with E-state index in [2.05, 4.69) is 31.6 Å². The Labute approximate surface area is 212 Å². The van der Waals surface area contributed by atoms with Crippen LogP contribution in [0.15, 0.2) is 59.0 Å². The van der Waals surface area contributed by atoms with Crippen molar-refractivity contribution in [3.8, 4) is 11.8 Å². The normalized spacial score (nSPS) is 13.6. The number of hydrogen-bond donors (Lipinski definition) is 2. The number of nitriles is 1. The zero-order valence-corrected chi connectivity index (χ0v) is 21.0. The summed E-state index contributed by atoms with van der Waals surface area (Å²) in [6, 6.07) is 12.0. The van der Waals surface area contributed by atoms with Gasteiger partial charge >= 0.3 is 0 Å². The third-order valence-corrected chi connectivity index (χ3v) is 7.50. The van der Waals surface area contributed by atoms with E-state index in [1.807, 2.05) is 48.1 Å². The number of methoxy groups -OCH3 is 1. The molecule has 2 aromatic heterocycles. The second-order valence-electron chi connectivity index (χ2n) is 8.13. The number of piperazine rings is 1. The molecule has 178 valence electrons. The van der Waals surface area contributed by atoms with Crippen molar-refractivity contribution in [1.82, 2.24) is 19.9 Å². The maximum atomic E-state index is 9.79. The predicted molar refractivity (Wildman–Crippen MR) is 140 cm³/mol. The Morgan fingerprint density at radius 1 is 1.20 bits per heavy atom. The van der Waals surface area contributed by atoms with E-state index in [1.54, 1.807) is 19.5 Å². The number of rotatable bonds is 6. The van der Waals surface area contributed by atoms with Gasteiger partial charge in [0.25, 0.3) is 0 Å². The molecule has 1 fully saturated rings. The number of aromatic nitrogens is 3. The van der Waals surface area contributed by atoms with E-state index in [0.29, 0.717) is 16.3 Å². The second kappa shape index (κ2) is 10.0. The van der Waals surface area contributed by atoms with Gasteiger partial charge in [-0.3, -0.25) is 4.98 Å². The summed E-state index contributed by atoms with van der Waals surface area (Å²) in [4.78, 5) is 12.1. The molecule has 5 rings (SSSR count). The molecule has 1 aliphatic heterocycles. The van der Waals surface area contributed by atoms with Crippen molar-refractivity contribution in [1.29, 1.82) is 5.26 Å². The molecule has 1 saturated heterocycles. The first-order valence-corrected chi connectivity index (χ1v) is 12.3. The lowest BCUT2D eigenvalue weighted by Crippen LogP contribution is -2.43. The van der Waals surface area contributed by atoms with Gasteiger partial charge < -0.3 is 24.8 Å². The molecule has 10 heteroatoms. The van der Waals surface area contributed by atoms with Gasteiger partial charge in [-0.05, 0) is 30.3 Å². The van der Waals surface area contributed by atoms with Crippen molar-refractivity contribution in [3.63, 3.8) is 0 Å². The highest BCUT2D eigenvalue weighted by atomic mass is 35.5. The maximum Gasteiger partial charge on any atom is 0.172 e. The molecule has 1 aliphatic rings. The molecule has 8 nitrogen and oxygen atoms in total. The molecule has 0 bridgehead atoms. The Morgan fingerprint density at radius 3 is 2.71 bits per heavy atom. The first-order chi connectivity index (χ1) is 17.1. The molecule has 35 heavy (non-hydrogen) atoms. The Morgan fingerprint density at radius 2 is 2.03 bits per heavy atom. The van der Waals surface area contributed by atoms with Crippen LogP contribution in [0.5, 0.6) is 5.75 Å². The minimum Gasteiger partial charge on any atom is -0.495 e. The smallest absolute Gasteiger partial charge is 0.172 e. The number of aryl methyl sites for hydroxylation is 1. The Bertz CT molecular complexity index is 1430. The lowest BCUT2D eigenvalue weighted by atomic mass is 10.1. The first kappa shape index (κ1) is 23.3. The Balaban J connectivity index is 1.51. The van der Waals surface area contributed by atoms with Crippen LogP contribution in [0.25, 0.3) is 10.9 Å². The highest BCUT2D eigenvalue weighted by Crippen LogP contribution is 2.39. The van der Waals surface area contributed by atoms with Crippen LogP contribution >= 0.6 is 23.4 Å². The molecule has 0 amide bonds. The molecule has 0 spiro atoms. The predicted octanol–water partition coefficient (Wildman–Crippen LogP) is 4.81. The molecule has 3 heterocycles. The van der Waals surface area contributed by atoms with Gasteiger partial charge in [-0.1, -0.05) is 23.4 Å². The van der Waals surface area contributed by atoms with Gasteiger partial charge in [-0.25, -0.2) is 4.98 Å². The lowest BCUT2D eigenvalue weighted by molar-refractivity contribution is 0.413. The molecule has 0 atom stereocenters. The van der Waals surface area contributed by atoms with Crippen molar-refractivity contribution in [3.05, 3.63) is 59.5 Å². The number of benzene rings is 2. The summed E-state index contributed by atoms with van der Waals surface area (Å²) in [5, 5.41) is 18.8. The van der Waals surface area contributed by atoms with E-state index >= 15 is 0 Å². The monoisotopic (exact) mass is 505 g/mol. The topological polar surface area (TPSA) is 91.0 Å². The highest BCUT2D eigenvalue weighted by Gasteiger charge is 2.19. The zero-order chi connectivity index (χ0) is 24.4. The van der Waals surface area contributed by atoms with E-state index in [4.69, 9.17) is 16.3 Å². The summed E-state index contributed by atoms with van der Waals surface area (Å²) in [5.41, 5.74) is 3.67. The van der Waals surface area contributed by atoms with Crippen LogP contribution in [0.4, 0.5) is 17.1 Å². The van der Waals surface area contributed by atoms with Gasteiger partial charge in [0.2, 0.25) is 0 Å². The lowest BCUT2D eigenvalue weighted by Gasteiger charge is -2.30. The van der Waals surface area contributed by atoms with Crippen LogP contribution in [-0.4, -0.2) is 47.8 Å². The van der Waals surface area contributed by atoms with E-state index in [0.717, 1.165) is 64.3 Å². The molecule has 0 aliphatic carbocycles. The minimum atomic E-state index is 0.442. The number of hydrogen-bond acceptors (Lipinski definition) is 8. The minimum absolute atomic E-state index is 0.442. The summed E-state index contributed by atoms with van der Waals surface area (Å²) >= 11 is 8.10. The van der Waals surface area contributed by atoms with E-state index < -0.39 is 0 Å². The summed E-state index contributed by atoms with van der Waals surface area (Å²) in [6.07, 6.45) is 5.25. The Kier molecular flexibility index (Phi) is 6.68. The summed E-state index contributed by atoms with van der Waals surface area (Å²) in [5.74, 6) is 0.749. The molecule has 0 saturated carbocycles. The van der Waals surface area contributed by atoms with Gasteiger partial charge in [0.05, 0.1) is 34.6 Å². The average molecular weight is 506 g/mol. The van der Waals surface area contributed by atoms with Gasteiger partial charge in [0, 0.05) is 67.8 Å². The van der Waals surface area contributed by atoms with Crippen LogP contribution in [0.2, 0.25) is 5.02 Å². The van der Waals surface area contributed by atoms with Crippen molar-refractivity contribution in [2.75, 3.05) is 43.5 Å². The molecule has 2 N–H and O–H groups in total. The fourth-order valence-corrected chi connectivity index (χ4v) is 5.20. The number of halogens is 1. The third-order valence-electron chi connectivity index (χ3n) is 5.93. The van der Waals surface area contributed by atoms with Crippen LogP contribution in [0.1, 0.15) is 5.56 Å². The van der Waals surface area contributed by atoms with E-state index in [-0.39, 0.29) is 0 Å². The average Bonchev–Trinajstić information content (AvgIpc) is 3.29. The zero-order valence-electron chi connectivity index (χ0n) is 19.4. The van der Waals surface area contributed by atoms with Crippen LogP contribution in [-0.2, 0) is 7.05 Å². The number of fused-ring (bicyclic) bond motifs is 1. The maximum absolute atomic E-state index is 9.79. The van der Waals surface area contributed by atoms with Crippen LogP contribution < -0.4 is 20.3 Å². The highest BCUT2D eigenvalue weighted by molar-refractivity contribution is 7.99. The van der Waals surface area contributed by atoms with Crippen molar-refractivity contribution < 1.29 is 4.74 Å². The Hall–Kier alpha value is -3.45. The quantitative estimate of drug-likeness (QED) is 0.386.